The molecule has 0 amide bonds. The van der Waals surface area contributed by atoms with Crippen molar-refractivity contribution in [1.29, 1.82) is 0 Å². The van der Waals surface area contributed by atoms with Crippen molar-refractivity contribution < 1.29 is 13.9 Å². The summed E-state index contributed by atoms with van der Waals surface area (Å²) >= 11 is 0. The van der Waals surface area contributed by atoms with E-state index >= 15 is 0 Å². The van der Waals surface area contributed by atoms with Gasteiger partial charge in [0.2, 0.25) is 0 Å². The zero-order valence-electron chi connectivity index (χ0n) is 10.9. The van der Waals surface area contributed by atoms with Crippen molar-refractivity contribution in [2.75, 3.05) is 19.8 Å². The predicted molar refractivity (Wildman–Crippen MR) is 66.9 cm³/mol. The Bertz CT molecular complexity index is 311. The average molecular weight is 241 g/mol. The van der Waals surface area contributed by atoms with Crippen molar-refractivity contribution in [1.82, 2.24) is 0 Å². The Labute approximate surface area is 103 Å². The van der Waals surface area contributed by atoms with E-state index in [9.17, 15) is 0 Å². The summed E-state index contributed by atoms with van der Waals surface area (Å²) in [5, 5.41) is 0. The number of ether oxygens (including phenoxy) is 2. The van der Waals surface area contributed by atoms with Gasteiger partial charge >= 0.3 is 0 Å². The van der Waals surface area contributed by atoms with Gasteiger partial charge in [0.25, 0.3) is 0 Å². The summed E-state index contributed by atoms with van der Waals surface area (Å²) in [5.74, 6) is 1.68. The number of rotatable bonds is 8. The Kier molecular flexibility index (Phi) is 6.26. The highest BCUT2D eigenvalue weighted by Crippen LogP contribution is 2.23. The number of aryl methyl sites for hydroxylation is 1. The third kappa shape index (κ3) is 4.50. The van der Waals surface area contributed by atoms with Crippen LogP contribution in [0.15, 0.2) is 16.5 Å². The second kappa shape index (κ2) is 7.48. The lowest BCUT2D eigenvalue weighted by Crippen LogP contribution is -2.30. The van der Waals surface area contributed by atoms with Gasteiger partial charge in [-0.15, -0.1) is 0 Å². The molecule has 4 nitrogen and oxygen atoms in total. The van der Waals surface area contributed by atoms with Crippen LogP contribution >= 0.6 is 0 Å². The number of furan rings is 1. The lowest BCUT2D eigenvalue weighted by molar-refractivity contribution is -0.0153. The van der Waals surface area contributed by atoms with Crippen molar-refractivity contribution >= 4 is 0 Å². The molecule has 1 aromatic rings. The number of hydrogen-bond donors (Lipinski definition) is 1. The fourth-order valence-electron chi connectivity index (χ4n) is 1.62. The topological polar surface area (TPSA) is 57.6 Å². The van der Waals surface area contributed by atoms with Gasteiger partial charge in [0.1, 0.15) is 17.6 Å². The minimum atomic E-state index is -0.186. The maximum Gasteiger partial charge on any atom is 0.134 e. The van der Waals surface area contributed by atoms with Crippen LogP contribution in [0.5, 0.6) is 0 Å². The van der Waals surface area contributed by atoms with Gasteiger partial charge < -0.3 is 19.6 Å². The van der Waals surface area contributed by atoms with Crippen LogP contribution in [-0.4, -0.2) is 25.9 Å². The van der Waals surface area contributed by atoms with E-state index in [1.54, 1.807) is 0 Å². The lowest BCUT2D eigenvalue weighted by Gasteiger charge is -2.21. The summed E-state index contributed by atoms with van der Waals surface area (Å²) in [6.45, 7) is 7.74. The largest absolute Gasteiger partial charge is 0.464 e. The summed E-state index contributed by atoms with van der Waals surface area (Å²) in [6, 6.07) is 3.80. The van der Waals surface area contributed by atoms with E-state index in [-0.39, 0.29) is 12.1 Å². The molecular weight excluding hydrogens is 218 g/mol. The van der Waals surface area contributed by atoms with Crippen molar-refractivity contribution in [2.45, 2.75) is 39.3 Å². The van der Waals surface area contributed by atoms with Crippen molar-refractivity contribution in [3.63, 3.8) is 0 Å². The van der Waals surface area contributed by atoms with Crippen LogP contribution in [0.2, 0.25) is 0 Å². The first-order chi connectivity index (χ1) is 8.19. The van der Waals surface area contributed by atoms with Crippen LogP contribution in [-0.2, 0) is 9.47 Å². The fraction of sp³-hybridized carbons (Fsp3) is 0.692. The Hall–Kier alpha value is -0.840. The van der Waals surface area contributed by atoms with Gasteiger partial charge in [-0.3, -0.25) is 0 Å². The Balaban J connectivity index is 2.55. The summed E-state index contributed by atoms with van der Waals surface area (Å²) < 4.78 is 16.6. The number of nitrogens with two attached hydrogens (primary N) is 1. The molecular formula is C13H23NO3. The van der Waals surface area contributed by atoms with E-state index in [1.165, 1.54) is 0 Å². The molecule has 17 heavy (non-hydrogen) atoms. The molecule has 1 rings (SSSR count). The van der Waals surface area contributed by atoms with Gasteiger partial charge in [-0.05, 0) is 32.4 Å². The average Bonchev–Trinajstić information content (AvgIpc) is 2.75. The van der Waals surface area contributed by atoms with Gasteiger partial charge in [0.15, 0.2) is 0 Å². The third-order valence-electron chi connectivity index (χ3n) is 2.63. The smallest absolute Gasteiger partial charge is 0.134 e. The molecule has 1 heterocycles. The quantitative estimate of drug-likeness (QED) is 0.710. The molecule has 2 unspecified atom stereocenters. The maximum atomic E-state index is 6.05. The summed E-state index contributed by atoms with van der Waals surface area (Å²) in [7, 11) is 0. The van der Waals surface area contributed by atoms with E-state index in [2.05, 4.69) is 0 Å². The fourth-order valence-corrected chi connectivity index (χ4v) is 1.62. The summed E-state index contributed by atoms with van der Waals surface area (Å²) in [6.07, 6.45) is 0.660. The molecule has 0 aromatic carbocycles. The molecule has 0 spiro atoms. The van der Waals surface area contributed by atoms with Gasteiger partial charge in [0, 0.05) is 12.6 Å². The first kappa shape index (κ1) is 14.2. The van der Waals surface area contributed by atoms with Crippen LogP contribution in [0.3, 0.4) is 0 Å². The van der Waals surface area contributed by atoms with Gasteiger partial charge in [-0.2, -0.15) is 0 Å². The Morgan fingerprint density at radius 1 is 1.29 bits per heavy atom. The summed E-state index contributed by atoms with van der Waals surface area (Å²) in [4.78, 5) is 0. The van der Waals surface area contributed by atoms with Gasteiger partial charge in [-0.1, -0.05) is 6.92 Å². The van der Waals surface area contributed by atoms with Crippen LogP contribution in [0.4, 0.5) is 0 Å². The minimum Gasteiger partial charge on any atom is -0.464 e. The molecule has 1 aromatic heterocycles. The monoisotopic (exact) mass is 241 g/mol. The molecule has 0 bridgehead atoms. The van der Waals surface area contributed by atoms with E-state index in [4.69, 9.17) is 19.6 Å². The molecule has 2 atom stereocenters. The second-order valence-electron chi connectivity index (χ2n) is 4.01. The molecule has 0 aliphatic carbocycles. The molecule has 0 aliphatic heterocycles. The third-order valence-corrected chi connectivity index (χ3v) is 2.63. The normalized spacial score (nSPS) is 14.8. The van der Waals surface area contributed by atoms with E-state index in [0.29, 0.717) is 19.8 Å². The molecule has 2 N–H and O–H groups in total. The molecule has 0 radical (unpaired) electrons. The molecule has 4 heteroatoms. The van der Waals surface area contributed by atoms with E-state index in [0.717, 1.165) is 17.9 Å². The standard InChI is InChI=1S/C13H23NO3/c1-4-11(14)13(16-9-8-15-5-2)12-7-6-10(3)17-12/h6-7,11,13H,4-5,8-9,14H2,1-3H3. The first-order valence-corrected chi connectivity index (χ1v) is 6.20. The SMILES string of the molecule is CCOCCOC(c1ccc(C)o1)C(N)CC. The molecule has 0 saturated heterocycles. The zero-order chi connectivity index (χ0) is 12.7. The Morgan fingerprint density at radius 3 is 2.59 bits per heavy atom. The molecule has 0 saturated carbocycles. The zero-order valence-corrected chi connectivity index (χ0v) is 10.9. The number of hydrogen-bond acceptors (Lipinski definition) is 4. The molecule has 98 valence electrons. The Morgan fingerprint density at radius 2 is 2.06 bits per heavy atom. The molecule has 0 fully saturated rings. The van der Waals surface area contributed by atoms with E-state index < -0.39 is 0 Å². The lowest BCUT2D eigenvalue weighted by atomic mass is 10.1. The van der Waals surface area contributed by atoms with Crippen LogP contribution in [0, 0.1) is 6.92 Å². The van der Waals surface area contributed by atoms with Crippen LogP contribution < -0.4 is 5.73 Å². The molecule has 0 aliphatic rings. The van der Waals surface area contributed by atoms with E-state index in [1.807, 2.05) is 32.9 Å². The van der Waals surface area contributed by atoms with Crippen LogP contribution in [0.25, 0.3) is 0 Å². The van der Waals surface area contributed by atoms with Crippen LogP contribution in [0.1, 0.15) is 37.9 Å². The second-order valence-corrected chi connectivity index (χ2v) is 4.01. The highest BCUT2D eigenvalue weighted by molar-refractivity contribution is 5.10. The minimum absolute atomic E-state index is 0.0535. The van der Waals surface area contributed by atoms with Crippen molar-refractivity contribution in [3.8, 4) is 0 Å². The van der Waals surface area contributed by atoms with Gasteiger partial charge in [0.05, 0.1) is 13.2 Å². The highest BCUT2D eigenvalue weighted by atomic mass is 16.5. The van der Waals surface area contributed by atoms with Gasteiger partial charge in [-0.25, -0.2) is 0 Å². The maximum absolute atomic E-state index is 6.05. The van der Waals surface area contributed by atoms with Crippen molar-refractivity contribution in [2.24, 2.45) is 5.73 Å². The van der Waals surface area contributed by atoms with Crippen molar-refractivity contribution in [3.05, 3.63) is 23.7 Å². The first-order valence-electron chi connectivity index (χ1n) is 6.20. The summed E-state index contributed by atoms with van der Waals surface area (Å²) in [5.41, 5.74) is 6.05. The predicted octanol–water partition coefficient (Wildman–Crippen LogP) is 2.42. The highest BCUT2D eigenvalue weighted by Gasteiger charge is 2.22.